The average molecular weight is 893 g/mol. The van der Waals surface area contributed by atoms with Gasteiger partial charge in [-0.2, -0.15) is 8.42 Å². The second-order valence-electron chi connectivity index (χ2n) is 14.9. The number of nitrogens with one attached hydrogen (secondary N) is 3. The van der Waals surface area contributed by atoms with Gasteiger partial charge in [0.15, 0.2) is 11.9 Å². The Balaban J connectivity index is 1.49. The second-order valence-corrected chi connectivity index (χ2v) is 18.1. The molecule has 58 heavy (non-hydrogen) atoms. The van der Waals surface area contributed by atoms with Gasteiger partial charge in [0.2, 0.25) is 0 Å². The average Bonchev–Trinajstić information content (AvgIpc) is 3.46. The number of rotatable bonds is 16. The maximum absolute atomic E-state index is 14.0. The van der Waals surface area contributed by atoms with Gasteiger partial charge in [-0.1, -0.05) is 107 Å². The molecule has 0 saturated carbocycles. The van der Waals surface area contributed by atoms with E-state index >= 15 is 0 Å². The third-order valence-electron chi connectivity index (χ3n) is 10.3. The molecule has 0 aliphatic rings. The number of anilines is 3. The molecule has 1 unspecified atom stereocenters. The monoisotopic (exact) mass is 890 g/mol. The minimum absolute atomic E-state index is 0.0153. The lowest BCUT2D eigenvalue weighted by molar-refractivity contribution is -0.122. The Hall–Kier alpha value is -4.33. The van der Waals surface area contributed by atoms with E-state index in [-0.39, 0.29) is 53.0 Å². The van der Waals surface area contributed by atoms with Crippen LogP contribution in [0.4, 0.5) is 17.2 Å². The zero-order valence-electron chi connectivity index (χ0n) is 33.4. The summed E-state index contributed by atoms with van der Waals surface area (Å²) < 4.78 is 45.0. The molecular formula is C42H46Cl4N4O7S. The molecule has 0 fully saturated rings. The zero-order chi connectivity index (χ0) is 42.7. The van der Waals surface area contributed by atoms with E-state index in [0.717, 1.165) is 23.1 Å². The first-order valence-corrected chi connectivity index (χ1v) is 21.4. The van der Waals surface area contributed by atoms with E-state index in [1.807, 2.05) is 13.0 Å². The lowest BCUT2D eigenvalue weighted by Gasteiger charge is -2.31. The molecule has 0 radical (unpaired) electrons. The fourth-order valence-electron chi connectivity index (χ4n) is 5.90. The van der Waals surface area contributed by atoms with Crippen molar-refractivity contribution in [3.05, 3.63) is 114 Å². The minimum atomic E-state index is -4.59. The Bertz CT molecular complexity index is 2460. The van der Waals surface area contributed by atoms with E-state index in [9.17, 15) is 18.0 Å². The fourth-order valence-corrected chi connectivity index (χ4v) is 7.99. The van der Waals surface area contributed by atoms with E-state index in [4.69, 9.17) is 60.1 Å². The van der Waals surface area contributed by atoms with Crippen molar-refractivity contribution >= 4 is 79.6 Å². The van der Waals surface area contributed by atoms with E-state index in [0.29, 0.717) is 23.6 Å². The predicted molar refractivity (Wildman–Crippen MR) is 233 cm³/mol. The maximum atomic E-state index is 14.0. The highest BCUT2D eigenvalue weighted by Crippen LogP contribution is 2.40. The van der Waals surface area contributed by atoms with Crippen LogP contribution in [0.1, 0.15) is 78.9 Å². The molecule has 0 spiro atoms. The summed E-state index contributed by atoms with van der Waals surface area (Å²) in [5, 5.41) is 8.98. The molecule has 5 aromatic rings. The molecule has 310 valence electrons. The molecule has 16 heteroatoms. The molecule has 0 aliphatic carbocycles. The summed E-state index contributed by atoms with van der Waals surface area (Å²) in [6.45, 7) is 14.9. The van der Waals surface area contributed by atoms with Crippen molar-refractivity contribution in [1.29, 1.82) is 0 Å². The molecule has 4 aromatic carbocycles. The molecule has 1 heterocycles. The van der Waals surface area contributed by atoms with E-state index in [1.54, 1.807) is 6.07 Å². The number of amides is 1. The zero-order valence-corrected chi connectivity index (χ0v) is 37.2. The number of hydrogen-bond donors (Lipinski definition) is 3. The van der Waals surface area contributed by atoms with Crippen LogP contribution in [0.5, 0.6) is 17.2 Å². The quantitative estimate of drug-likeness (QED) is 0.0832. The Morgan fingerprint density at radius 1 is 0.845 bits per heavy atom. The standard InChI is InChI=1S/C42H46Cl4N4O7S/c1-9-34(56-35-19-12-24(41(4,5)10-2)20-29(35)42(6,7)11-3)39(51)47-26-13-18-30(44)33(23-26)48-38-37(57-58(53,54)28-16-14-27(55-8)15-17-28)40(52)50(49-38)36-31(45)21-25(43)22-32(36)46/h12-23,34,48-49H,9-11H2,1-8H3,(H,47,51). The Labute approximate surface area is 359 Å². The van der Waals surface area contributed by atoms with Crippen LogP contribution < -0.4 is 29.8 Å². The molecule has 3 N–H and O–H groups in total. The summed E-state index contributed by atoms with van der Waals surface area (Å²) >= 11 is 25.7. The first kappa shape index (κ1) is 44.8. The number of methoxy groups -OCH3 is 1. The molecule has 1 aromatic heterocycles. The minimum Gasteiger partial charge on any atom is -0.497 e. The smallest absolute Gasteiger partial charge is 0.339 e. The van der Waals surface area contributed by atoms with Crippen molar-refractivity contribution < 1.29 is 26.9 Å². The number of nitrogens with zero attached hydrogens (tertiary/aromatic N) is 1. The number of carbonyl (C=O) groups excluding carboxylic acids is 1. The van der Waals surface area contributed by atoms with Gasteiger partial charge in [0.25, 0.3) is 11.7 Å². The van der Waals surface area contributed by atoms with Gasteiger partial charge < -0.3 is 24.3 Å². The van der Waals surface area contributed by atoms with Crippen molar-refractivity contribution in [1.82, 2.24) is 9.78 Å². The SMILES string of the molecule is CCC(Oc1ccc(C(C)(C)CC)cc1C(C)(C)CC)C(=O)Nc1ccc(Cl)c(Nc2[nH]n(-c3c(Cl)cc(Cl)cc3Cl)c(=O)c2OS(=O)(=O)c2ccc(OC)cc2)c1. The number of aromatic nitrogens is 2. The lowest BCUT2D eigenvalue weighted by Crippen LogP contribution is -2.33. The first-order valence-electron chi connectivity index (χ1n) is 18.5. The van der Waals surface area contributed by atoms with Crippen molar-refractivity contribution in [3.63, 3.8) is 0 Å². The summed E-state index contributed by atoms with van der Waals surface area (Å²) in [7, 11) is -3.15. The van der Waals surface area contributed by atoms with Crippen LogP contribution in [-0.2, 0) is 25.7 Å². The molecule has 1 atom stereocenters. The van der Waals surface area contributed by atoms with E-state index < -0.39 is 33.4 Å². The van der Waals surface area contributed by atoms with Gasteiger partial charge in [-0.25, -0.2) is 4.68 Å². The second kappa shape index (κ2) is 17.9. The van der Waals surface area contributed by atoms with Gasteiger partial charge in [-0.15, -0.1) is 0 Å². The van der Waals surface area contributed by atoms with E-state index in [2.05, 4.69) is 69.4 Å². The lowest BCUT2D eigenvalue weighted by atomic mass is 9.76. The maximum Gasteiger partial charge on any atom is 0.339 e. The molecule has 0 saturated heterocycles. The van der Waals surface area contributed by atoms with Gasteiger partial charge in [-0.05, 0) is 96.3 Å². The van der Waals surface area contributed by atoms with Crippen LogP contribution >= 0.6 is 46.4 Å². The number of aromatic amines is 1. The molecule has 5 rings (SSSR count). The molecule has 0 aliphatic heterocycles. The summed E-state index contributed by atoms with van der Waals surface area (Å²) in [4.78, 5) is 27.5. The van der Waals surface area contributed by atoms with Crippen LogP contribution in [0, 0.1) is 0 Å². The van der Waals surface area contributed by atoms with Crippen LogP contribution in [0.15, 0.2) is 82.5 Å². The number of halogens is 4. The highest BCUT2D eigenvalue weighted by atomic mass is 35.5. The highest BCUT2D eigenvalue weighted by Gasteiger charge is 2.30. The predicted octanol–water partition coefficient (Wildman–Crippen LogP) is 11.5. The fraction of sp³-hybridized carbons (Fsp3) is 0.333. The molecule has 1 amide bonds. The summed E-state index contributed by atoms with van der Waals surface area (Å²) in [6.07, 6.45) is 1.33. The Kier molecular flexibility index (Phi) is 13.8. The largest absolute Gasteiger partial charge is 0.497 e. The summed E-state index contributed by atoms with van der Waals surface area (Å²) in [5.41, 5.74) is 1.46. The normalized spacial score (nSPS) is 12.6. The van der Waals surface area contributed by atoms with E-state index in [1.165, 1.54) is 61.2 Å². The van der Waals surface area contributed by atoms with Crippen molar-refractivity contribution in [2.24, 2.45) is 0 Å². The number of hydrogen-bond acceptors (Lipinski definition) is 8. The van der Waals surface area contributed by atoms with Crippen molar-refractivity contribution in [3.8, 4) is 22.9 Å². The van der Waals surface area contributed by atoms with Crippen LogP contribution in [0.25, 0.3) is 5.69 Å². The van der Waals surface area contributed by atoms with Gasteiger partial charge in [0.05, 0.1) is 27.9 Å². The number of H-pyrrole nitrogens is 1. The Morgan fingerprint density at radius 3 is 2.07 bits per heavy atom. The summed E-state index contributed by atoms with van der Waals surface area (Å²) in [6, 6.07) is 19.0. The third-order valence-corrected chi connectivity index (χ3v) is 12.6. The summed E-state index contributed by atoms with van der Waals surface area (Å²) in [5.74, 6) is -0.261. The third kappa shape index (κ3) is 9.75. The number of carbonyl (C=O) groups is 1. The van der Waals surface area contributed by atoms with Crippen molar-refractivity contribution in [2.75, 3.05) is 17.7 Å². The van der Waals surface area contributed by atoms with Crippen LogP contribution in [0.3, 0.4) is 0 Å². The van der Waals surface area contributed by atoms with Gasteiger partial charge in [0.1, 0.15) is 22.1 Å². The van der Waals surface area contributed by atoms with Crippen LogP contribution in [0.2, 0.25) is 20.1 Å². The first-order chi connectivity index (χ1) is 27.2. The van der Waals surface area contributed by atoms with Gasteiger partial charge >= 0.3 is 15.7 Å². The molecule has 0 bridgehead atoms. The number of benzene rings is 4. The van der Waals surface area contributed by atoms with Crippen molar-refractivity contribution in [2.45, 2.75) is 89.6 Å². The molecule has 11 nitrogen and oxygen atoms in total. The topological polar surface area (TPSA) is 141 Å². The van der Waals surface area contributed by atoms with Gasteiger partial charge in [-0.3, -0.25) is 14.7 Å². The van der Waals surface area contributed by atoms with Gasteiger partial charge in [0, 0.05) is 16.3 Å². The Morgan fingerprint density at radius 2 is 1.48 bits per heavy atom. The number of ether oxygens (including phenoxy) is 2. The van der Waals surface area contributed by atoms with Crippen LogP contribution in [-0.4, -0.2) is 37.3 Å². The molecular weight excluding hydrogens is 846 g/mol. The highest BCUT2D eigenvalue weighted by molar-refractivity contribution is 7.87.